The molecule has 22 heavy (non-hydrogen) atoms. The summed E-state index contributed by atoms with van der Waals surface area (Å²) in [6.07, 6.45) is 1.68. The molecule has 0 atom stereocenters. The Balaban J connectivity index is 2.33. The van der Waals surface area contributed by atoms with Crippen molar-refractivity contribution < 1.29 is 19.1 Å². The molecule has 0 spiro atoms. The Morgan fingerprint density at radius 1 is 1.05 bits per heavy atom. The standard InChI is InChI=1S/C16H16N2O4/c1-21-15(19)12-7-5-8-13(14(12)16(20)22-2)18-10-11-6-3-4-9-17-11/h3-9,18H,10H2,1-2H3. The van der Waals surface area contributed by atoms with Gasteiger partial charge < -0.3 is 14.8 Å². The van der Waals surface area contributed by atoms with Gasteiger partial charge >= 0.3 is 11.9 Å². The molecular weight excluding hydrogens is 284 g/mol. The summed E-state index contributed by atoms with van der Waals surface area (Å²) in [5.74, 6) is -1.20. The maximum atomic E-state index is 12.0. The molecule has 2 aromatic rings. The van der Waals surface area contributed by atoms with E-state index >= 15 is 0 Å². The van der Waals surface area contributed by atoms with E-state index in [9.17, 15) is 9.59 Å². The van der Waals surface area contributed by atoms with Crippen molar-refractivity contribution in [3.05, 3.63) is 59.4 Å². The van der Waals surface area contributed by atoms with Crippen LogP contribution in [0.1, 0.15) is 26.4 Å². The molecule has 6 nitrogen and oxygen atoms in total. The van der Waals surface area contributed by atoms with Gasteiger partial charge in [-0.05, 0) is 24.3 Å². The number of pyridine rings is 1. The van der Waals surface area contributed by atoms with E-state index in [4.69, 9.17) is 9.47 Å². The topological polar surface area (TPSA) is 77.5 Å². The minimum atomic E-state index is -0.607. The third kappa shape index (κ3) is 3.41. The van der Waals surface area contributed by atoms with Gasteiger partial charge in [0, 0.05) is 11.9 Å². The Bertz CT molecular complexity index is 671. The number of hydrogen-bond donors (Lipinski definition) is 1. The monoisotopic (exact) mass is 300 g/mol. The Morgan fingerprint density at radius 2 is 1.82 bits per heavy atom. The molecule has 0 aliphatic rings. The number of anilines is 1. The van der Waals surface area contributed by atoms with E-state index in [1.54, 1.807) is 18.3 Å². The van der Waals surface area contributed by atoms with E-state index in [1.807, 2.05) is 18.2 Å². The van der Waals surface area contributed by atoms with Gasteiger partial charge in [-0.2, -0.15) is 0 Å². The van der Waals surface area contributed by atoms with Crippen molar-refractivity contribution in [3.8, 4) is 0 Å². The highest BCUT2D eigenvalue weighted by molar-refractivity contribution is 6.07. The first-order valence-corrected chi connectivity index (χ1v) is 6.60. The zero-order valence-corrected chi connectivity index (χ0v) is 12.3. The average molecular weight is 300 g/mol. The molecule has 0 amide bonds. The highest BCUT2D eigenvalue weighted by atomic mass is 16.5. The smallest absolute Gasteiger partial charge is 0.340 e. The van der Waals surface area contributed by atoms with Gasteiger partial charge in [0.1, 0.15) is 0 Å². The molecule has 1 N–H and O–H groups in total. The fourth-order valence-corrected chi connectivity index (χ4v) is 1.99. The number of aromatic nitrogens is 1. The lowest BCUT2D eigenvalue weighted by Crippen LogP contribution is -2.15. The number of carbonyl (C=O) groups excluding carboxylic acids is 2. The second kappa shape index (κ2) is 7.21. The number of carbonyl (C=O) groups is 2. The normalized spacial score (nSPS) is 9.91. The summed E-state index contributed by atoms with van der Waals surface area (Å²) in [6.45, 7) is 0.412. The van der Waals surface area contributed by atoms with E-state index in [1.165, 1.54) is 20.3 Å². The van der Waals surface area contributed by atoms with Gasteiger partial charge in [0.2, 0.25) is 0 Å². The van der Waals surface area contributed by atoms with Crippen LogP contribution in [0.4, 0.5) is 5.69 Å². The van der Waals surface area contributed by atoms with Crippen molar-refractivity contribution in [1.82, 2.24) is 4.98 Å². The highest BCUT2D eigenvalue weighted by Crippen LogP contribution is 2.22. The molecule has 0 aliphatic carbocycles. The first-order valence-electron chi connectivity index (χ1n) is 6.60. The number of esters is 2. The molecule has 0 radical (unpaired) electrons. The third-order valence-corrected chi connectivity index (χ3v) is 3.05. The zero-order chi connectivity index (χ0) is 15.9. The van der Waals surface area contributed by atoms with Gasteiger partial charge in [-0.1, -0.05) is 12.1 Å². The van der Waals surface area contributed by atoms with Crippen LogP contribution in [-0.4, -0.2) is 31.1 Å². The lowest BCUT2D eigenvalue weighted by atomic mass is 10.1. The van der Waals surface area contributed by atoms with E-state index in [-0.39, 0.29) is 11.1 Å². The van der Waals surface area contributed by atoms with E-state index in [2.05, 4.69) is 10.3 Å². The molecule has 0 saturated carbocycles. The van der Waals surface area contributed by atoms with Crippen LogP contribution in [0.25, 0.3) is 0 Å². The van der Waals surface area contributed by atoms with Crippen LogP contribution in [0.15, 0.2) is 42.6 Å². The Kier molecular flexibility index (Phi) is 5.08. The summed E-state index contributed by atoms with van der Waals surface area (Å²) in [6, 6.07) is 10.4. The largest absolute Gasteiger partial charge is 0.465 e. The minimum absolute atomic E-state index is 0.146. The van der Waals surface area contributed by atoms with Crippen molar-refractivity contribution in [3.63, 3.8) is 0 Å². The van der Waals surface area contributed by atoms with Crippen molar-refractivity contribution in [2.24, 2.45) is 0 Å². The first-order chi connectivity index (χ1) is 10.7. The summed E-state index contributed by atoms with van der Waals surface area (Å²) < 4.78 is 9.46. The quantitative estimate of drug-likeness (QED) is 0.853. The molecule has 0 saturated heterocycles. The van der Waals surface area contributed by atoms with Crippen LogP contribution in [0.3, 0.4) is 0 Å². The number of methoxy groups -OCH3 is 2. The van der Waals surface area contributed by atoms with Crippen molar-refractivity contribution in [2.75, 3.05) is 19.5 Å². The van der Waals surface area contributed by atoms with Crippen LogP contribution >= 0.6 is 0 Å². The summed E-state index contributed by atoms with van der Waals surface area (Å²) >= 11 is 0. The van der Waals surface area contributed by atoms with Crippen LogP contribution in [0, 0.1) is 0 Å². The molecule has 2 rings (SSSR count). The van der Waals surface area contributed by atoms with Crippen molar-refractivity contribution >= 4 is 17.6 Å². The van der Waals surface area contributed by atoms with E-state index in [0.717, 1.165) is 5.69 Å². The number of nitrogens with zero attached hydrogens (tertiary/aromatic N) is 1. The van der Waals surface area contributed by atoms with Gasteiger partial charge in [-0.25, -0.2) is 9.59 Å². The molecule has 114 valence electrons. The fraction of sp³-hybridized carbons (Fsp3) is 0.188. The average Bonchev–Trinajstić information content (AvgIpc) is 2.59. The highest BCUT2D eigenvalue weighted by Gasteiger charge is 2.22. The molecule has 6 heteroatoms. The fourth-order valence-electron chi connectivity index (χ4n) is 1.99. The molecule has 0 bridgehead atoms. The Morgan fingerprint density at radius 3 is 2.45 bits per heavy atom. The Hall–Kier alpha value is -2.89. The van der Waals surface area contributed by atoms with Gasteiger partial charge in [0.25, 0.3) is 0 Å². The number of rotatable bonds is 5. The van der Waals surface area contributed by atoms with Gasteiger partial charge in [-0.3, -0.25) is 4.98 Å². The first kappa shape index (κ1) is 15.5. The number of ether oxygens (including phenoxy) is 2. The van der Waals surface area contributed by atoms with Gasteiger partial charge in [-0.15, -0.1) is 0 Å². The molecule has 1 aromatic heterocycles. The predicted octanol–water partition coefficient (Wildman–Crippen LogP) is 2.27. The molecule has 1 aromatic carbocycles. The van der Waals surface area contributed by atoms with Crippen LogP contribution < -0.4 is 5.32 Å². The molecule has 0 aliphatic heterocycles. The summed E-state index contributed by atoms with van der Waals surface area (Å²) in [5.41, 5.74) is 1.59. The van der Waals surface area contributed by atoms with E-state index < -0.39 is 11.9 Å². The lowest BCUT2D eigenvalue weighted by Gasteiger charge is -2.13. The molecule has 0 unspecified atom stereocenters. The zero-order valence-electron chi connectivity index (χ0n) is 12.3. The van der Waals surface area contributed by atoms with Crippen molar-refractivity contribution in [1.29, 1.82) is 0 Å². The van der Waals surface area contributed by atoms with Crippen LogP contribution in [0.5, 0.6) is 0 Å². The van der Waals surface area contributed by atoms with Crippen LogP contribution in [0.2, 0.25) is 0 Å². The molecular formula is C16H16N2O4. The minimum Gasteiger partial charge on any atom is -0.465 e. The van der Waals surface area contributed by atoms with Gasteiger partial charge in [0.15, 0.2) is 0 Å². The number of hydrogen-bond acceptors (Lipinski definition) is 6. The molecule has 1 heterocycles. The van der Waals surface area contributed by atoms with Crippen LogP contribution in [-0.2, 0) is 16.0 Å². The van der Waals surface area contributed by atoms with E-state index in [0.29, 0.717) is 12.2 Å². The maximum absolute atomic E-state index is 12.0. The predicted molar refractivity (Wildman–Crippen MR) is 80.7 cm³/mol. The SMILES string of the molecule is COC(=O)c1cccc(NCc2ccccn2)c1C(=O)OC. The number of nitrogens with one attached hydrogen (secondary N) is 1. The summed E-state index contributed by atoms with van der Waals surface area (Å²) in [7, 11) is 2.52. The lowest BCUT2D eigenvalue weighted by molar-refractivity contribution is 0.0556. The third-order valence-electron chi connectivity index (χ3n) is 3.05. The summed E-state index contributed by atoms with van der Waals surface area (Å²) in [4.78, 5) is 28.0. The second-order valence-electron chi connectivity index (χ2n) is 4.39. The maximum Gasteiger partial charge on any atom is 0.340 e. The number of benzene rings is 1. The van der Waals surface area contributed by atoms with Crippen molar-refractivity contribution in [2.45, 2.75) is 6.54 Å². The molecule has 0 fully saturated rings. The second-order valence-corrected chi connectivity index (χ2v) is 4.39. The Labute approximate surface area is 128 Å². The summed E-state index contributed by atoms with van der Waals surface area (Å²) in [5, 5.41) is 3.09. The van der Waals surface area contributed by atoms with Gasteiger partial charge in [0.05, 0.1) is 37.6 Å².